The SMILES string of the molecule is CCCC(=O)O[C@H]1C[C@]2(O)[C@]3(C)[C@@H](CC(=O)OC)[C@@]4(C)C[C@]3(OC(=O)CCC)[C@@](OC(=O)CCC)([C@@H](OC(=O)CCC)[C@]2(O)C2=CC(=O)O[C@@H](c3ccoc3)[C@@]21C)[C@H]4OC(C)=O. The summed E-state index contributed by atoms with van der Waals surface area (Å²) in [5.74, 6) is -7.45. The number of hydrogen-bond acceptors (Lipinski definition) is 17. The third-order valence-corrected chi connectivity index (χ3v) is 14.7. The van der Waals surface area contributed by atoms with Crippen LogP contribution in [0.15, 0.2) is 34.7 Å². The molecule has 6 rings (SSSR count). The number of ether oxygens (including phenoxy) is 7. The first-order chi connectivity index (χ1) is 29.1. The summed E-state index contributed by atoms with van der Waals surface area (Å²) in [4.78, 5) is 97.9. The highest BCUT2D eigenvalue weighted by Crippen LogP contribution is 2.85. The summed E-state index contributed by atoms with van der Waals surface area (Å²) >= 11 is 0. The zero-order valence-corrected chi connectivity index (χ0v) is 37.0. The highest BCUT2D eigenvalue weighted by Gasteiger charge is 3.01. The van der Waals surface area contributed by atoms with Gasteiger partial charge >= 0.3 is 41.8 Å². The first-order valence-electron chi connectivity index (χ1n) is 21.6. The van der Waals surface area contributed by atoms with Crippen molar-refractivity contribution in [2.24, 2.45) is 22.2 Å². The van der Waals surface area contributed by atoms with Crippen LogP contribution in [0.5, 0.6) is 0 Å². The number of aliphatic hydroxyl groups is 2. The minimum atomic E-state index is -3.10. The Labute approximate surface area is 360 Å². The van der Waals surface area contributed by atoms with Gasteiger partial charge in [0.25, 0.3) is 0 Å². The molecule has 2 bridgehead atoms. The average molecular weight is 873 g/mol. The minimum absolute atomic E-state index is 0.0683. The van der Waals surface area contributed by atoms with E-state index in [4.69, 9.17) is 37.6 Å². The van der Waals surface area contributed by atoms with Crippen LogP contribution < -0.4 is 0 Å². The van der Waals surface area contributed by atoms with E-state index in [1.54, 1.807) is 41.5 Å². The number of furan rings is 1. The van der Waals surface area contributed by atoms with Crippen LogP contribution in [0.25, 0.3) is 0 Å². The van der Waals surface area contributed by atoms with E-state index in [-0.39, 0.29) is 62.5 Å². The Kier molecular flexibility index (Phi) is 12.4. The normalized spacial score (nSPS) is 38.7. The second kappa shape index (κ2) is 16.4. The fraction of sp³-hybridized carbons (Fsp3) is 0.711. The molecule has 0 unspecified atom stereocenters. The van der Waals surface area contributed by atoms with Crippen molar-refractivity contribution in [2.45, 2.75) is 173 Å². The second-order valence-corrected chi connectivity index (χ2v) is 18.2. The lowest BCUT2D eigenvalue weighted by Gasteiger charge is -2.76. The van der Waals surface area contributed by atoms with Crippen LogP contribution in [-0.2, 0) is 66.7 Å². The van der Waals surface area contributed by atoms with E-state index in [1.165, 1.54) is 25.5 Å². The van der Waals surface area contributed by atoms with Gasteiger partial charge in [-0.15, -0.1) is 0 Å². The molecule has 1 aliphatic heterocycles. The highest BCUT2D eigenvalue weighted by molar-refractivity contribution is 5.86. The van der Waals surface area contributed by atoms with Gasteiger partial charge in [0.2, 0.25) is 5.60 Å². The smallest absolute Gasteiger partial charge is 0.331 e. The van der Waals surface area contributed by atoms with Gasteiger partial charge in [-0.25, -0.2) is 4.79 Å². The number of rotatable bonds is 16. The topological polar surface area (TPSA) is 238 Å². The van der Waals surface area contributed by atoms with Gasteiger partial charge in [-0.2, -0.15) is 0 Å². The van der Waals surface area contributed by atoms with Crippen LogP contribution in [0.3, 0.4) is 0 Å². The maximum absolute atomic E-state index is 14.4. The molecule has 2 N–H and O–H groups in total. The molecule has 17 heteroatoms. The van der Waals surface area contributed by atoms with E-state index in [0.717, 1.165) is 20.1 Å². The predicted octanol–water partition coefficient (Wildman–Crippen LogP) is 4.82. The van der Waals surface area contributed by atoms with Crippen molar-refractivity contribution >= 4 is 41.8 Å². The standard InChI is InChI=1S/C45H60O17/c1-10-14-30(47)58-29-22-42(53)41(8)27(20-34(51)55-9)39(6)24-43(41,61-32(49)16-12-3)45(37(39)57-25(5)46,62-33(50)17-13-4)38(60-31(48)15-11-2)44(42,54)28-21-35(52)59-36(40(28,29)7)26-18-19-56-23-26/h18-19,21,23,27,29,36-38,53-54H,10-17,20,22,24H2,1-9H3/t27-,29-,36-,37-,38-,39+,40-,41-,42-,43+,44+,45-/m0/s1. The molecule has 5 aliphatic rings. The Morgan fingerprint density at radius 1 is 0.790 bits per heavy atom. The van der Waals surface area contributed by atoms with E-state index < -0.39 is 124 Å². The van der Waals surface area contributed by atoms with Crippen molar-refractivity contribution in [1.29, 1.82) is 0 Å². The van der Waals surface area contributed by atoms with E-state index >= 15 is 0 Å². The van der Waals surface area contributed by atoms with E-state index in [1.807, 2.05) is 0 Å². The van der Waals surface area contributed by atoms with E-state index in [9.17, 15) is 43.8 Å². The fourth-order valence-corrected chi connectivity index (χ4v) is 12.3. The third-order valence-electron chi connectivity index (χ3n) is 14.7. The number of carbonyl (C=O) groups excluding carboxylic acids is 7. The molecule has 4 saturated carbocycles. The first kappa shape index (κ1) is 46.7. The van der Waals surface area contributed by atoms with Gasteiger partial charge in [0.15, 0.2) is 23.4 Å². The van der Waals surface area contributed by atoms with Crippen molar-refractivity contribution in [3.05, 3.63) is 35.8 Å². The molecular weight excluding hydrogens is 812 g/mol. The van der Waals surface area contributed by atoms with Crippen LogP contribution >= 0.6 is 0 Å². The van der Waals surface area contributed by atoms with E-state index in [0.29, 0.717) is 6.42 Å². The van der Waals surface area contributed by atoms with Gasteiger partial charge < -0.3 is 47.8 Å². The molecule has 1 aromatic heterocycles. The summed E-state index contributed by atoms with van der Waals surface area (Å²) in [7, 11) is 1.15. The second-order valence-electron chi connectivity index (χ2n) is 18.2. The molecule has 17 nitrogen and oxygen atoms in total. The summed E-state index contributed by atoms with van der Waals surface area (Å²) in [5, 5.41) is 28.8. The maximum Gasteiger partial charge on any atom is 0.331 e. The molecule has 2 heterocycles. The quantitative estimate of drug-likeness (QED) is 0.167. The van der Waals surface area contributed by atoms with Crippen molar-refractivity contribution in [2.75, 3.05) is 7.11 Å². The molecular formula is C45H60O17. The minimum Gasteiger partial charge on any atom is -0.472 e. The van der Waals surface area contributed by atoms with Crippen LogP contribution in [-0.4, -0.2) is 99.8 Å². The van der Waals surface area contributed by atoms with Gasteiger partial charge in [0, 0.05) is 74.3 Å². The lowest BCUT2D eigenvalue weighted by atomic mass is 9.34. The summed E-state index contributed by atoms with van der Waals surface area (Å²) in [6.07, 6.45) is -4.73. The summed E-state index contributed by atoms with van der Waals surface area (Å²) in [6.45, 7) is 12.6. The Morgan fingerprint density at radius 2 is 1.37 bits per heavy atom. The molecule has 0 radical (unpaired) electrons. The average Bonchev–Trinajstić information content (AvgIpc) is 3.85. The van der Waals surface area contributed by atoms with E-state index in [2.05, 4.69) is 0 Å². The summed E-state index contributed by atoms with van der Waals surface area (Å²) in [5.41, 5.74) is -16.8. The lowest BCUT2D eigenvalue weighted by molar-refractivity contribution is -0.418. The molecule has 4 fully saturated rings. The molecule has 342 valence electrons. The first-order valence-corrected chi connectivity index (χ1v) is 21.6. The number of esters is 7. The molecule has 4 aliphatic carbocycles. The largest absolute Gasteiger partial charge is 0.472 e. The summed E-state index contributed by atoms with van der Waals surface area (Å²) in [6, 6.07) is 1.51. The lowest BCUT2D eigenvalue weighted by Crippen LogP contribution is -2.94. The Balaban J connectivity index is 1.85. The van der Waals surface area contributed by atoms with Crippen molar-refractivity contribution in [1.82, 2.24) is 0 Å². The third kappa shape index (κ3) is 6.25. The Hall–Kier alpha value is -4.77. The number of fused-ring (bicyclic) bond motifs is 5. The zero-order valence-electron chi connectivity index (χ0n) is 37.0. The Bertz CT molecular complexity index is 2010. The predicted molar refractivity (Wildman–Crippen MR) is 212 cm³/mol. The number of carbonyl (C=O) groups is 7. The van der Waals surface area contributed by atoms with Gasteiger partial charge in [-0.3, -0.25) is 28.8 Å². The maximum atomic E-state index is 14.4. The van der Waals surface area contributed by atoms with Crippen LogP contribution in [0.1, 0.15) is 138 Å². The van der Waals surface area contributed by atoms with Crippen molar-refractivity contribution in [3.8, 4) is 0 Å². The Morgan fingerprint density at radius 3 is 1.92 bits per heavy atom. The molecule has 12 atom stereocenters. The van der Waals surface area contributed by atoms with Crippen LogP contribution in [0, 0.1) is 22.2 Å². The van der Waals surface area contributed by atoms with Crippen molar-refractivity contribution in [3.63, 3.8) is 0 Å². The fourth-order valence-electron chi connectivity index (χ4n) is 12.3. The highest BCUT2D eigenvalue weighted by atomic mass is 16.7. The van der Waals surface area contributed by atoms with Crippen LogP contribution in [0.2, 0.25) is 0 Å². The van der Waals surface area contributed by atoms with Crippen molar-refractivity contribution < 1.29 is 81.4 Å². The monoisotopic (exact) mass is 872 g/mol. The zero-order chi connectivity index (χ0) is 45.8. The van der Waals surface area contributed by atoms with Crippen LogP contribution in [0.4, 0.5) is 0 Å². The molecule has 62 heavy (non-hydrogen) atoms. The number of hydrogen-bond donors (Lipinski definition) is 2. The molecule has 0 aromatic carbocycles. The molecule has 0 amide bonds. The molecule has 1 aromatic rings. The van der Waals surface area contributed by atoms with Gasteiger partial charge in [-0.1, -0.05) is 41.5 Å². The van der Waals surface area contributed by atoms with Gasteiger partial charge in [0.05, 0.1) is 25.1 Å². The van der Waals surface area contributed by atoms with Gasteiger partial charge in [0.1, 0.15) is 17.8 Å². The molecule has 0 saturated heterocycles. The summed E-state index contributed by atoms with van der Waals surface area (Å²) < 4.78 is 48.9. The number of methoxy groups -OCH3 is 1. The number of cyclic esters (lactones) is 1. The molecule has 0 spiro atoms. The van der Waals surface area contributed by atoms with Gasteiger partial charge in [-0.05, 0) is 50.2 Å².